The summed E-state index contributed by atoms with van der Waals surface area (Å²) in [6.45, 7) is 2.09. The smallest absolute Gasteiger partial charge is 0.255 e. The molecule has 1 N–H and O–H groups in total. The number of amides is 2. The van der Waals surface area contributed by atoms with Crippen molar-refractivity contribution < 1.29 is 18.0 Å². The lowest BCUT2D eigenvalue weighted by Gasteiger charge is -2.26. The van der Waals surface area contributed by atoms with Crippen LogP contribution in [0.2, 0.25) is 0 Å². The molecule has 0 radical (unpaired) electrons. The van der Waals surface area contributed by atoms with E-state index >= 15 is 0 Å². The van der Waals surface area contributed by atoms with Crippen LogP contribution in [0.5, 0.6) is 0 Å². The van der Waals surface area contributed by atoms with E-state index in [0.717, 1.165) is 17.4 Å². The summed E-state index contributed by atoms with van der Waals surface area (Å²) >= 11 is 0. The molecule has 0 unspecified atom stereocenters. The molecule has 0 fully saturated rings. The first-order valence-corrected chi connectivity index (χ1v) is 10.6. The van der Waals surface area contributed by atoms with Gasteiger partial charge in [0.05, 0.1) is 5.75 Å². The number of carbonyl (C=O) groups excluding carboxylic acids is 2. The summed E-state index contributed by atoms with van der Waals surface area (Å²) in [5.41, 5.74) is 2.15. The van der Waals surface area contributed by atoms with Crippen LogP contribution in [0, 0.1) is 6.92 Å². The van der Waals surface area contributed by atoms with Gasteiger partial charge in [-0.2, -0.15) is 0 Å². The zero-order valence-corrected chi connectivity index (χ0v) is 16.0. The highest BCUT2D eigenvalue weighted by atomic mass is 32.2. The lowest BCUT2D eigenvalue weighted by atomic mass is 10.1. The summed E-state index contributed by atoms with van der Waals surface area (Å²) in [6.07, 6.45) is 2.70. The highest BCUT2D eigenvalue weighted by Crippen LogP contribution is 2.26. The number of benzene rings is 1. The zero-order chi connectivity index (χ0) is 19.6. The lowest BCUT2D eigenvalue weighted by Crippen LogP contribution is -2.45. The monoisotopic (exact) mass is 387 g/mol. The molecular formula is C19H21N3O4S. The fourth-order valence-corrected chi connectivity index (χ4v) is 3.75. The minimum absolute atomic E-state index is 0.0241. The van der Waals surface area contributed by atoms with Crippen LogP contribution in [0.3, 0.4) is 0 Å². The van der Waals surface area contributed by atoms with Gasteiger partial charge in [-0.05, 0) is 36.6 Å². The third-order valence-corrected chi connectivity index (χ3v) is 5.52. The SMILES string of the molecule is Cc1cccnc1NC(=O)[C@@H](CCS(C)(=O)=O)N1Cc2ccccc2C1=O. The molecule has 2 aromatic rings. The first-order chi connectivity index (χ1) is 12.8. The molecule has 3 rings (SSSR count). The Morgan fingerprint density at radius 1 is 1.26 bits per heavy atom. The van der Waals surface area contributed by atoms with Gasteiger partial charge in [0, 0.05) is 24.6 Å². The Balaban J connectivity index is 1.86. The maximum absolute atomic E-state index is 12.9. The van der Waals surface area contributed by atoms with E-state index in [1.165, 1.54) is 4.90 Å². The van der Waals surface area contributed by atoms with Gasteiger partial charge in [0.2, 0.25) is 5.91 Å². The molecule has 142 valence electrons. The van der Waals surface area contributed by atoms with E-state index < -0.39 is 21.8 Å². The van der Waals surface area contributed by atoms with E-state index in [0.29, 0.717) is 11.4 Å². The molecule has 7 nitrogen and oxygen atoms in total. The summed E-state index contributed by atoms with van der Waals surface area (Å²) in [4.78, 5) is 31.3. The number of aryl methyl sites for hydroxylation is 1. The Morgan fingerprint density at radius 3 is 2.67 bits per heavy atom. The van der Waals surface area contributed by atoms with E-state index in [9.17, 15) is 18.0 Å². The number of rotatable bonds is 6. The molecule has 0 aliphatic carbocycles. The average Bonchev–Trinajstić information content (AvgIpc) is 2.93. The van der Waals surface area contributed by atoms with E-state index in [1.54, 1.807) is 24.4 Å². The lowest BCUT2D eigenvalue weighted by molar-refractivity contribution is -0.120. The maximum Gasteiger partial charge on any atom is 0.255 e. The normalized spacial score (nSPS) is 14.7. The standard InChI is InChI=1S/C19H21N3O4S/c1-13-6-5-10-20-17(13)21-18(23)16(9-11-27(2,25)26)22-12-14-7-3-4-8-15(14)19(22)24/h3-8,10,16H,9,11-12H2,1-2H3,(H,20,21,23)/t16-/m1/s1. The summed E-state index contributed by atoms with van der Waals surface area (Å²) in [7, 11) is -3.28. The Morgan fingerprint density at radius 2 is 2.00 bits per heavy atom. The van der Waals surface area contributed by atoms with Gasteiger partial charge >= 0.3 is 0 Å². The van der Waals surface area contributed by atoms with Gasteiger partial charge < -0.3 is 10.2 Å². The minimum Gasteiger partial charge on any atom is -0.322 e. The number of nitrogens with zero attached hydrogens (tertiary/aromatic N) is 2. The zero-order valence-electron chi connectivity index (χ0n) is 15.2. The third-order valence-electron chi connectivity index (χ3n) is 4.54. The molecule has 2 amide bonds. The van der Waals surface area contributed by atoms with Crippen LogP contribution in [-0.4, -0.2) is 48.2 Å². The third kappa shape index (κ3) is 4.33. The summed E-state index contributed by atoms with van der Waals surface area (Å²) < 4.78 is 23.3. The van der Waals surface area contributed by atoms with Gasteiger partial charge in [0.25, 0.3) is 5.91 Å². The van der Waals surface area contributed by atoms with Crippen LogP contribution < -0.4 is 5.32 Å². The van der Waals surface area contributed by atoms with Gasteiger partial charge in [-0.25, -0.2) is 13.4 Å². The number of carbonyl (C=O) groups is 2. The van der Waals surface area contributed by atoms with Crippen LogP contribution in [-0.2, 0) is 21.2 Å². The number of hydrogen-bond donors (Lipinski definition) is 1. The number of nitrogens with one attached hydrogen (secondary N) is 1. The van der Waals surface area contributed by atoms with Crippen LogP contribution in [0.15, 0.2) is 42.6 Å². The van der Waals surface area contributed by atoms with Crippen molar-refractivity contribution in [1.29, 1.82) is 0 Å². The molecule has 0 saturated carbocycles. The summed E-state index contributed by atoms with van der Waals surface area (Å²) in [6, 6.07) is 9.81. The largest absolute Gasteiger partial charge is 0.322 e. The molecule has 0 bridgehead atoms. The van der Waals surface area contributed by atoms with Crippen molar-refractivity contribution in [3.63, 3.8) is 0 Å². The summed E-state index contributed by atoms with van der Waals surface area (Å²) in [5, 5.41) is 2.73. The molecule has 1 aromatic carbocycles. The second kappa shape index (κ2) is 7.48. The number of anilines is 1. The molecule has 0 spiro atoms. The van der Waals surface area contributed by atoms with E-state index in [4.69, 9.17) is 0 Å². The number of hydrogen-bond acceptors (Lipinski definition) is 5. The number of sulfone groups is 1. The van der Waals surface area contributed by atoms with Crippen LogP contribution in [0.25, 0.3) is 0 Å². The quantitative estimate of drug-likeness (QED) is 0.815. The van der Waals surface area contributed by atoms with Crippen LogP contribution >= 0.6 is 0 Å². The highest BCUT2D eigenvalue weighted by molar-refractivity contribution is 7.90. The van der Waals surface area contributed by atoms with Gasteiger partial charge in [-0.1, -0.05) is 24.3 Å². The Labute approximate surface area is 158 Å². The Hall–Kier alpha value is -2.74. The van der Waals surface area contributed by atoms with Crippen molar-refractivity contribution in [2.45, 2.75) is 25.9 Å². The van der Waals surface area contributed by atoms with Crippen LogP contribution in [0.4, 0.5) is 5.82 Å². The number of pyridine rings is 1. The average molecular weight is 387 g/mol. The molecule has 1 aromatic heterocycles. The fraction of sp³-hybridized carbons (Fsp3) is 0.316. The number of fused-ring (bicyclic) bond motifs is 1. The van der Waals surface area contributed by atoms with E-state index in [2.05, 4.69) is 10.3 Å². The second-order valence-corrected chi connectivity index (χ2v) is 8.94. The van der Waals surface area contributed by atoms with Crippen molar-refractivity contribution in [3.8, 4) is 0 Å². The molecule has 0 saturated heterocycles. The summed E-state index contributed by atoms with van der Waals surface area (Å²) in [5.74, 6) is -0.499. The first kappa shape index (κ1) is 19.0. The first-order valence-electron chi connectivity index (χ1n) is 8.55. The molecule has 1 atom stereocenters. The van der Waals surface area contributed by atoms with Crippen LogP contribution in [0.1, 0.15) is 27.9 Å². The van der Waals surface area contributed by atoms with Crippen molar-refractivity contribution in [2.24, 2.45) is 0 Å². The topological polar surface area (TPSA) is 96.4 Å². The van der Waals surface area contributed by atoms with Gasteiger partial charge in [-0.15, -0.1) is 0 Å². The van der Waals surface area contributed by atoms with Crippen molar-refractivity contribution in [2.75, 3.05) is 17.3 Å². The Kier molecular flexibility index (Phi) is 5.27. The predicted molar refractivity (Wildman–Crippen MR) is 102 cm³/mol. The second-order valence-electron chi connectivity index (χ2n) is 6.68. The van der Waals surface area contributed by atoms with Gasteiger partial charge in [-0.3, -0.25) is 9.59 Å². The van der Waals surface area contributed by atoms with Gasteiger partial charge in [0.15, 0.2) is 0 Å². The van der Waals surface area contributed by atoms with Crippen molar-refractivity contribution >= 4 is 27.5 Å². The predicted octanol–water partition coefficient (Wildman–Crippen LogP) is 1.79. The molecule has 8 heteroatoms. The molecule has 2 heterocycles. The minimum atomic E-state index is -3.28. The molecule has 27 heavy (non-hydrogen) atoms. The Bertz CT molecular complexity index is 988. The molecule has 1 aliphatic rings. The van der Waals surface area contributed by atoms with Crippen molar-refractivity contribution in [3.05, 3.63) is 59.3 Å². The fourth-order valence-electron chi connectivity index (χ4n) is 3.10. The maximum atomic E-state index is 12.9. The van der Waals surface area contributed by atoms with E-state index in [-0.39, 0.29) is 24.6 Å². The number of aromatic nitrogens is 1. The highest BCUT2D eigenvalue weighted by Gasteiger charge is 2.36. The molecular weight excluding hydrogens is 366 g/mol. The van der Waals surface area contributed by atoms with Crippen molar-refractivity contribution in [1.82, 2.24) is 9.88 Å². The molecule has 1 aliphatic heterocycles. The van der Waals surface area contributed by atoms with E-state index in [1.807, 2.05) is 25.1 Å². The van der Waals surface area contributed by atoms with Gasteiger partial charge in [0.1, 0.15) is 21.7 Å².